The summed E-state index contributed by atoms with van der Waals surface area (Å²) in [5.41, 5.74) is 10.7. The number of likely N-dealkylation sites (tertiary alicyclic amines) is 1. The van der Waals surface area contributed by atoms with Crippen molar-refractivity contribution < 1.29 is 0 Å². The molecule has 0 aliphatic carbocycles. The van der Waals surface area contributed by atoms with Crippen LogP contribution in [0.15, 0.2) is 22.5 Å². The van der Waals surface area contributed by atoms with Crippen LogP contribution in [0.5, 0.6) is 0 Å². The Labute approximate surface area is 129 Å². The third-order valence-electron chi connectivity index (χ3n) is 3.20. The number of halogens is 1. The van der Waals surface area contributed by atoms with Gasteiger partial charge in [0.1, 0.15) is 0 Å². The van der Waals surface area contributed by atoms with Crippen LogP contribution < -0.4 is 11.5 Å². The molecule has 2 heterocycles. The maximum atomic E-state index is 5.35. The van der Waals surface area contributed by atoms with Crippen LogP contribution in [0.4, 0.5) is 0 Å². The summed E-state index contributed by atoms with van der Waals surface area (Å²) in [6.07, 6.45) is 2.39. The molecule has 0 atom stereocenters. The molecule has 1 aliphatic heterocycles. The van der Waals surface area contributed by atoms with E-state index in [2.05, 4.69) is 27.4 Å². The van der Waals surface area contributed by atoms with E-state index < -0.39 is 0 Å². The van der Waals surface area contributed by atoms with Crippen molar-refractivity contribution in [3.63, 3.8) is 0 Å². The van der Waals surface area contributed by atoms with Gasteiger partial charge in [-0.1, -0.05) is 6.07 Å². The molecule has 4 nitrogen and oxygen atoms in total. The number of hydrogen-bond donors (Lipinski definition) is 2. The number of rotatable bonds is 4. The second-order valence-electron chi connectivity index (χ2n) is 4.56. The Bertz CT molecular complexity index is 354. The number of aliphatic imine (C=N–C) groups is 1. The summed E-state index contributed by atoms with van der Waals surface area (Å²) in [6, 6.07) is 4.32. The van der Waals surface area contributed by atoms with E-state index in [1.807, 2.05) is 11.3 Å². The van der Waals surface area contributed by atoms with E-state index >= 15 is 0 Å². The summed E-state index contributed by atoms with van der Waals surface area (Å²) >= 11 is 1.83. The molecule has 0 bridgehead atoms. The molecular weight excluding hydrogens is 359 g/mol. The summed E-state index contributed by atoms with van der Waals surface area (Å²) in [5, 5.41) is 2.14. The largest absolute Gasteiger partial charge is 0.370 e. The predicted octanol–water partition coefficient (Wildman–Crippen LogP) is 1.85. The maximum absolute atomic E-state index is 5.35. The van der Waals surface area contributed by atoms with Crippen molar-refractivity contribution in [1.82, 2.24) is 4.90 Å². The molecule has 0 spiro atoms. The van der Waals surface area contributed by atoms with Crippen molar-refractivity contribution in [3.05, 3.63) is 22.4 Å². The zero-order chi connectivity index (χ0) is 12.1. The molecular formula is C12H21IN4S. The van der Waals surface area contributed by atoms with Gasteiger partial charge in [0.15, 0.2) is 5.96 Å². The van der Waals surface area contributed by atoms with Crippen LogP contribution in [0, 0.1) is 5.92 Å². The molecule has 4 N–H and O–H groups in total. The van der Waals surface area contributed by atoms with Gasteiger partial charge in [-0.25, -0.2) is 0 Å². The molecule has 0 aromatic carbocycles. The number of nitrogens with zero attached hydrogens (tertiary/aromatic N) is 2. The third-order valence-corrected chi connectivity index (χ3v) is 4.06. The second-order valence-corrected chi connectivity index (χ2v) is 5.60. The lowest BCUT2D eigenvalue weighted by Crippen LogP contribution is -2.34. The molecule has 0 saturated carbocycles. The minimum Gasteiger partial charge on any atom is -0.370 e. The van der Waals surface area contributed by atoms with E-state index in [-0.39, 0.29) is 29.9 Å². The summed E-state index contributed by atoms with van der Waals surface area (Å²) < 4.78 is 0. The fraction of sp³-hybridized carbons (Fsp3) is 0.583. The zero-order valence-corrected chi connectivity index (χ0v) is 13.6. The molecule has 1 aromatic heterocycles. The number of piperidine rings is 1. The molecule has 1 saturated heterocycles. The highest BCUT2D eigenvalue weighted by Gasteiger charge is 2.18. The van der Waals surface area contributed by atoms with Crippen molar-refractivity contribution >= 4 is 41.3 Å². The normalized spacial score (nSPS) is 17.1. The Balaban J connectivity index is 0.00000162. The Morgan fingerprint density at radius 3 is 2.67 bits per heavy atom. The fourth-order valence-corrected chi connectivity index (χ4v) is 2.93. The highest BCUT2D eigenvalue weighted by molar-refractivity contribution is 14.0. The summed E-state index contributed by atoms with van der Waals surface area (Å²) in [7, 11) is 0. The van der Waals surface area contributed by atoms with E-state index in [9.17, 15) is 0 Å². The van der Waals surface area contributed by atoms with Crippen LogP contribution in [0.25, 0.3) is 0 Å². The van der Waals surface area contributed by atoms with Crippen LogP contribution in [-0.4, -0.2) is 30.5 Å². The minimum absolute atomic E-state index is 0. The number of thiophene rings is 1. The van der Waals surface area contributed by atoms with Crippen LogP contribution in [0.2, 0.25) is 0 Å². The van der Waals surface area contributed by atoms with Gasteiger partial charge in [0.25, 0.3) is 0 Å². The summed E-state index contributed by atoms with van der Waals surface area (Å²) in [6.45, 7) is 4.19. The second kappa shape index (κ2) is 7.96. The first kappa shape index (κ1) is 15.7. The molecule has 1 fully saturated rings. The smallest absolute Gasteiger partial charge is 0.185 e. The first-order valence-electron chi connectivity index (χ1n) is 6.04. The fourth-order valence-electron chi connectivity index (χ4n) is 2.18. The molecule has 1 aromatic rings. The standard InChI is InChI=1S/C12H20N4S.HI/c13-12(14)15-8-10-3-5-16(6-4-10)9-11-2-1-7-17-11;/h1-2,7,10H,3-6,8-9H2,(H4,13,14,15);1H. The van der Waals surface area contributed by atoms with Crippen LogP contribution in [0.1, 0.15) is 17.7 Å². The van der Waals surface area contributed by atoms with E-state index in [0.717, 1.165) is 26.2 Å². The number of guanidine groups is 1. The molecule has 18 heavy (non-hydrogen) atoms. The van der Waals surface area contributed by atoms with E-state index in [1.54, 1.807) is 0 Å². The topological polar surface area (TPSA) is 67.6 Å². The van der Waals surface area contributed by atoms with E-state index in [0.29, 0.717) is 5.92 Å². The van der Waals surface area contributed by atoms with E-state index in [4.69, 9.17) is 11.5 Å². The van der Waals surface area contributed by atoms with Gasteiger partial charge < -0.3 is 11.5 Å². The average molecular weight is 380 g/mol. The maximum Gasteiger partial charge on any atom is 0.185 e. The first-order valence-corrected chi connectivity index (χ1v) is 6.92. The summed E-state index contributed by atoms with van der Waals surface area (Å²) in [4.78, 5) is 8.07. The number of hydrogen-bond acceptors (Lipinski definition) is 3. The predicted molar refractivity (Wildman–Crippen MR) is 88.4 cm³/mol. The lowest BCUT2D eigenvalue weighted by atomic mass is 9.97. The average Bonchev–Trinajstić information content (AvgIpc) is 2.81. The molecule has 1 aliphatic rings. The monoisotopic (exact) mass is 380 g/mol. The van der Waals surface area contributed by atoms with Crippen LogP contribution in [0.3, 0.4) is 0 Å². The van der Waals surface area contributed by atoms with Crippen LogP contribution in [-0.2, 0) is 6.54 Å². The molecule has 2 rings (SSSR count). The van der Waals surface area contributed by atoms with Gasteiger partial charge in [-0.2, -0.15) is 0 Å². The van der Waals surface area contributed by atoms with Gasteiger partial charge in [-0.3, -0.25) is 9.89 Å². The Morgan fingerprint density at radius 1 is 1.39 bits per heavy atom. The van der Waals surface area contributed by atoms with Crippen molar-refractivity contribution in [1.29, 1.82) is 0 Å². The van der Waals surface area contributed by atoms with Gasteiger partial charge >= 0.3 is 0 Å². The molecule has 0 radical (unpaired) electrons. The van der Waals surface area contributed by atoms with Gasteiger partial charge in [0, 0.05) is 18.0 Å². The van der Waals surface area contributed by atoms with Crippen molar-refractivity contribution in [3.8, 4) is 0 Å². The van der Waals surface area contributed by atoms with Gasteiger partial charge in [0.2, 0.25) is 0 Å². The Hall–Kier alpha value is -0.340. The quantitative estimate of drug-likeness (QED) is 0.476. The van der Waals surface area contributed by atoms with Crippen molar-refractivity contribution in [2.75, 3.05) is 19.6 Å². The van der Waals surface area contributed by atoms with Crippen molar-refractivity contribution in [2.45, 2.75) is 19.4 Å². The zero-order valence-electron chi connectivity index (χ0n) is 10.4. The molecule has 6 heteroatoms. The lowest BCUT2D eigenvalue weighted by molar-refractivity contribution is 0.182. The Morgan fingerprint density at radius 2 is 2.11 bits per heavy atom. The van der Waals surface area contributed by atoms with E-state index in [1.165, 1.54) is 17.7 Å². The third kappa shape index (κ3) is 5.11. The van der Waals surface area contributed by atoms with Gasteiger partial charge in [0.05, 0.1) is 0 Å². The van der Waals surface area contributed by atoms with Gasteiger partial charge in [-0.05, 0) is 43.3 Å². The first-order chi connectivity index (χ1) is 8.24. The molecule has 0 unspecified atom stereocenters. The van der Waals surface area contributed by atoms with Gasteiger partial charge in [-0.15, -0.1) is 35.3 Å². The highest BCUT2D eigenvalue weighted by atomic mass is 127. The highest BCUT2D eigenvalue weighted by Crippen LogP contribution is 2.20. The van der Waals surface area contributed by atoms with Crippen LogP contribution >= 0.6 is 35.3 Å². The lowest BCUT2D eigenvalue weighted by Gasteiger charge is -2.30. The summed E-state index contributed by atoms with van der Waals surface area (Å²) in [5.74, 6) is 0.864. The molecule has 102 valence electrons. The van der Waals surface area contributed by atoms with Crippen molar-refractivity contribution in [2.24, 2.45) is 22.4 Å². The SMILES string of the molecule is I.NC(N)=NCC1CCN(Cc2cccs2)CC1. The molecule has 0 amide bonds. The number of nitrogens with two attached hydrogens (primary N) is 2. The minimum atomic E-state index is 0. The Kier molecular flexibility index (Phi) is 6.95.